The van der Waals surface area contributed by atoms with Crippen molar-refractivity contribution in [1.82, 2.24) is 4.31 Å². The molecule has 6 heteroatoms. The molecule has 112 valence electrons. The topological polar surface area (TPSA) is 63.4 Å². The van der Waals surface area contributed by atoms with Crippen LogP contribution in [0.3, 0.4) is 0 Å². The zero-order chi connectivity index (χ0) is 15.6. The number of benzene rings is 2. The largest absolute Gasteiger partial charge is 0.398 e. The molecule has 21 heavy (non-hydrogen) atoms. The second kappa shape index (κ2) is 6.05. The lowest BCUT2D eigenvalue weighted by Gasteiger charge is -2.19. The minimum absolute atomic E-state index is 0.205. The molecule has 0 aliphatic carbocycles. The first-order valence-electron chi connectivity index (χ1n) is 6.39. The normalized spacial score (nSPS) is 11.8. The van der Waals surface area contributed by atoms with Crippen molar-refractivity contribution in [2.75, 3.05) is 12.8 Å². The van der Waals surface area contributed by atoms with Crippen molar-refractivity contribution in [3.05, 3.63) is 58.6 Å². The van der Waals surface area contributed by atoms with E-state index in [1.807, 2.05) is 12.1 Å². The van der Waals surface area contributed by atoms with E-state index in [9.17, 15) is 8.42 Å². The standard InChI is InChI=1S/C15H17ClN2O2S/c1-11-14(17)8-5-9-15(11)21(19,20)18(2)10-12-6-3-4-7-13(12)16/h3-9H,10,17H2,1-2H3. The molecule has 0 amide bonds. The Hall–Kier alpha value is -1.56. The number of rotatable bonds is 4. The van der Waals surface area contributed by atoms with E-state index in [2.05, 4.69) is 0 Å². The molecule has 0 aliphatic rings. The van der Waals surface area contributed by atoms with E-state index in [1.165, 1.54) is 11.4 Å². The summed E-state index contributed by atoms with van der Waals surface area (Å²) in [5.74, 6) is 0. The second-order valence-corrected chi connectivity index (χ2v) is 7.24. The van der Waals surface area contributed by atoms with Crippen LogP contribution in [0.5, 0.6) is 0 Å². The molecule has 0 heterocycles. The lowest BCUT2D eigenvalue weighted by molar-refractivity contribution is 0.466. The molecule has 2 aromatic carbocycles. The summed E-state index contributed by atoms with van der Waals surface area (Å²) in [6.45, 7) is 1.90. The predicted octanol–water partition coefficient (Wildman–Crippen LogP) is 3.05. The maximum atomic E-state index is 12.6. The van der Waals surface area contributed by atoms with Crippen molar-refractivity contribution < 1.29 is 8.42 Å². The third-order valence-electron chi connectivity index (χ3n) is 3.37. The van der Waals surface area contributed by atoms with Crippen LogP contribution in [0, 0.1) is 6.92 Å². The Morgan fingerprint density at radius 1 is 1.14 bits per heavy atom. The van der Waals surface area contributed by atoms with Crippen LogP contribution in [0.1, 0.15) is 11.1 Å². The molecule has 0 unspecified atom stereocenters. The van der Waals surface area contributed by atoms with Gasteiger partial charge in [-0.3, -0.25) is 0 Å². The highest BCUT2D eigenvalue weighted by Crippen LogP contribution is 2.25. The number of nitrogens with zero attached hydrogens (tertiary/aromatic N) is 1. The van der Waals surface area contributed by atoms with Gasteiger partial charge in [0.25, 0.3) is 0 Å². The highest BCUT2D eigenvalue weighted by Gasteiger charge is 2.24. The van der Waals surface area contributed by atoms with E-state index in [0.29, 0.717) is 16.3 Å². The number of sulfonamides is 1. The zero-order valence-electron chi connectivity index (χ0n) is 11.9. The van der Waals surface area contributed by atoms with Gasteiger partial charge in [0, 0.05) is 24.3 Å². The molecule has 4 nitrogen and oxygen atoms in total. The van der Waals surface area contributed by atoms with Crippen LogP contribution in [0.4, 0.5) is 5.69 Å². The van der Waals surface area contributed by atoms with Gasteiger partial charge in [-0.2, -0.15) is 4.31 Å². The summed E-state index contributed by atoms with van der Waals surface area (Å²) in [6.07, 6.45) is 0. The van der Waals surface area contributed by atoms with E-state index < -0.39 is 10.0 Å². The Kier molecular flexibility index (Phi) is 4.56. The second-order valence-electron chi connectivity index (χ2n) is 4.82. The Balaban J connectivity index is 2.36. The molecule has 0 aromatic heterocycles. The zero-order valence-corrected chi connectivity index (χ0v) is 13.4. The Morgan fingerprint density at radius 2 is 1.81 bits per heavy atom. The van der Waals surface area contributed by atoms with Crippen LogP contribution in [-0.2, 0) is 16.6 Å². The average Bonchev–Trinajstić information content (AvgIpc) is 2.44. The van der Waals surface area contributed by atoms with E-state index in [4.69, 9.17) is 17.3 Å². The number of hydrogen-bond donors (Lipinski definition) is 1. The third-order valence-corrected chi connectivity index (χ3v) is 5.68. The fourth-order valence-electron chi connectivity index (χ4n) is 2.03. The summed E-state index contributed by atoms with van der Waals surface area (Å²) in [6, 6.07) is 12.1. The fourth-order valence-corrected chi connectivity index (χ4v) is 3.63. The third kappa shape index (κ3) is 3.20. The van der Waals surface area contributed by atoms with Crippen LogP contribution >= 0.6 is 11.6 Å². The van der Waals surface area contributed by atoms with Gasteiger partial charge in [-0.05, 0) is 36.2 Å². The monoisotopic (exact) mass is 324 g/mol. The fraction of sp³-hybridized carbons (Fsp3) is 0.200. The number of anilines is 1. The van der Waals surface area contributed by atoms with Crippen LogP contribution in [0.2, 0.25) is 5.02 Å². The van der Waals surface area contributed by atoms with Gasteiger partial charge < -0.3 is 5.73 Å². The molecule has 0 bridgehead atoms. The van der Waals surface area contributed by atoms with Crippen molar-refractivity contribution in [2.24, 2.45) is 0 Å². The molecular weight excluding hydrogens is 308 g/mol. The highest BCUT2D eigenvalue weighted by atomic mass is 35.5. The predicted molar refractivity (Wildman–Crippen MR) is 85.7 cm³/mol. The maximum absolute atomic E-state index is 12.6. The van der Waals surface area contributed by atoms with Crippen molar-refractivity contribution >= 4 is 27.3 Å². The van der Waals surface area contributed by atoms with Gasteiger partial charge in [-0.15, -0.1) is 0 Å². The molecule has 0 spiro atoms. The first-order chi connectivity index (χ1) is 9.84. The van der Waals surface area contributed by atoms with Crippen molar-refractivity contribution in [2.45, 2.75) is 18.4 Å². The summed E-state index contributed by atoms with van der Waals surface area (Å²) in [7, 11) is -2.08. The number of nitrogen functional groups attached to an aromatic ring is 1. The SMILES string of the molecule is Cc1c(N)cccc1S(=O)(=O)N(C)Cc1ccccc1Cl. The van der Waals surface area contributed by atoms with Gasteiger partial charge in [0.15, 0.2) is 0 Å². The Labute approximate surface area is 130 Å². The Bertz CT molecular complexity index is 760. The van der Waals surface area contributed by atoms with E-state index in [1.54, 1.807) is 37.3 Å². The van der Waals surface area contributed by atoms with Gasteiger partial charge in [-0.1, -0.05) is 35.9 Å². The smallest absolute Gasteiger partial charge is 0.243 e. The molecule has 2 aromatic rings. The number of hydrogen-bond acceptors (Lipinski definition) is 3. The van der Waals surface area contributed by atoms with Crippen LogP contribution in [0.25, 0.3) is 0 Å². The van der Waals surface area contributed by atoms with Gasteiger partial charge >= 0.3 is 0 Å². The molecule has 0 saturated carbocycles. The van der Waals surface area contributed by atoms with Gasteiger partial charge in [-0.25, -0.2) is 8.42 Å². The number of halogens is 1. The molecular formula is C15H17ClN2O2S. The van der Waals surface area contributed by atoms with Crippen LogP contribution in [0.15, 0.2) is 47.4 Å². The Morgan fingerprint density at radius 3 is 2.48 bits per heavy atom. The molecule has 2 N–H and O–H groups in total. The minimum Gasteiger partial charge on any atom is -0.398 e. The molecule has 0 saturated heterocycles. The summed E-state index contributed by atoms with van der Waals surface area (Å²) >= 11 is 6.08. The molecule has 0 fully saturated rings. The van der Waals surface area contributed by atoms with E-state index >= 15 is 0 Å². The molecule has 0 aliphatic heterocycles. The van der Waals surface area contributed by atoms with Crippen LogP contribution in [-0.4, -0.2) is 19.8 Å². The average molecular weight is 325 g/mol. The quantitative estimate of drug-likeness (QED) is 0.879. The first-order valence-corrected chi connectivity index (χ1v) is 8.20. The van der Waals surface area contributed by atoms with Crippen LogP contribution < -0.4 is 5.73 Å². The van der Waals surface area contributed by atoms with Gasteiger partial charge in [0.1, 0.15) is 0 Å². The van der Waals surface area contributed by atoms with Crippen molar-refractivity contribution in [1.29, 1.82) is 0 Å². The van der Waals surface area contributed by atoms with Gasteiger partial charge in [0.2, 0.25) is 10.0 Å². The maximum Gasteiger partial charge on any atom is 0.243 e. The first kappa shape index (κ1) is 15.8. The minimum atomic E-state index is -3.61. The highest BCUT2D eigenvalue weighted by molar-refractivity contribution is 7.89. The molecule has 2 rings (SSSR count). The lowest BCUT2D eigenvalue weighted by atomic mass is 10.2. The van der Waals surface area contributed by atoms with Gasteiger partial charge in [0.05, 0.1) is 4.90 Å². The lowest BCUT2D eigenvalue weighted by Crippen LogP contribution is -2.27. The summed E-state index contributed by atoms with van der Waals surface area (Å²) < 4.78 is 26.6. The van der Waals surface area contributed by atoms with E-state index in [-0.39, 0.29) is 11.4 Å². The van der Waals surface area contributed by atoms with Crippen molar-refractivity contribution in [3.63, 3.8) is 0 Å². The summed E-state index contributed by atoms with van der Waals surface area (Å²) in [4.78, 5) is 0.219. The summed E-state index contributed by atoms with van der Waals surface area (Å²) in [5, 5.41) is 0.545. The van der Waals surface area contributed by atoms with E-state index in [0.717, 1.165) is 5.56 Å². The van der Waals surface area contributed by atoms with Crippen molar-refractivity contribution in [3.8, 4) is 0 Å². The molecule has 0 radical (unpaired) electrons. The summed E-state index contributed by atoms with van der Waals surface area (Å²) in [5.41, 5.74) is 7.57. The molecule has 0 atom stereocenters. The number of nitrogens with two attached hydrogens (primary N) is 1.